The molecule has 0 heterocycles. The van der Waals surface area contributed by atoms with Crippen molar-refractivity contribution in [3.05, 3.63) is 0 Å². The minimum Gasteiger partial charge on any atom is -0.385 e. The van der Waals surface area contributed by atoms with Crippen LogP contribution in [0.3, 0.4) is 0 Å². The lowest BCUT2D eigenvalue weighted by molar-refractivity contribution is -0.127. The molecule has 36 heavy (non-hydrogen) atoms. The van der Waals surface area contributed by atoms with Gasteiger partial charge in [-0.2, -0.15) is 0 Å². The van der Waals surface area contributed by atoms with Gasteiger partial charge in [0.15, 0.2) is 5.78 Å². The van der Waals surface area contributed by atoms with E-state index in [9.17, 15) is 9.90 Å². The summed E-state index contributed by atoms with van der Waals surface area (Å²) in [6, 6.07) is 0. The predicted octanol–water partition coefficient (Wildman–Crippen LogP) is 11.7. The Morgan fingerprint density at radius 3 is 0.972 bits per heavy atom. The molecule has 0 amide bonds. The molecule has 0 spiro atoms. The van der Waals surface area contributed by atoms with Gasteiger partial charge in [0.1, 0.15) is 6.10 Å². The normalized spacial score (nSPS) is 12.3. The van der Waals surface area contributed by atoms with E-state index >= 15 is 0 Å². The molecule has 2 heteroatoms. The highest BCUT2D eigenvalue weighted by atomic mass is 16.3. The number of aliphatic hydroxyl groups is 1. The van der Waals surface area contributed by atoms with Crippen molar-refractivity contribution in [1.82, 2.24) is 0 Å². The van der Waals surface area contributed by atoms with E-state index in [1.807, 2.05) is 0 Å². The van der Waals surface area contributed by atoms with Gasteiger partial charge in [-0.05, 0) is 12.8 Å². The highest BCUT2D eigenvalue weighted by Crippen LogP contribution is 2.16. The molecule has 0 aliphatic rings. The molecule has 0 bridgehead atoms. The average molecular weight is 509 g/mol. The number of ketones is 1. The molecular weight excluding hydrogens is 440 g/mol. The van der Waals surface area contributed by atoms with E-state index in [-0.39, 0.29) is 5.78 Å². The number of Topliss-reactive ketones (excluding diaryl/α,β-unsaturated/α-hetero) is 1. The van der Waals surface area contributed by atoms with Crippen LogP contribution in [0.15, 0.2) is 0 Å². The summed E-state index contributed by atoms with van der Waals surface area (Å²) in [7, 11) is 0. The monoisotopic (exact) mass is 509 g/mol. The van der Waals surface area contributed by atoms with Crippen LogP contribution in [0.25, 0.3) is 0 Å². The van der Waals surface area contributed by atoms with Gasteiger partial charge in [0.25, 0.3) is 0 Å². The highest BCUT2D eigenvalue weighted by molar-refractivity contribution is 5.82. The average Bonchev–Trinajstić information content (AvgIpc) is 2.88. The summed E-state index contributed by atoms with van der Waals surface area (Å²) in [5.74, 6) is 0.0865. The van der Waals surface area contributed by atoms with E-state index in [4.69, 9.17) is 0 Å². The van der Waals surface area contributed by atoms with Crippen LogP contribution in [0, 0.1) is 0 Å². The molecule has 0 saturated heterocycles. The number of rotatable bonds is 31. The summed E-state index contributed by atoms with van der Waals surface area (Å²) >= 11 is 0. The largest absolute Gasteiger partial charge is 0.385 e. The topological polar surface area (TPSA) is 37.3 Å². The third-order valence-electron chi connectivity index (χ3n) is 7.98. The van der Waals surface area contributed by atoms with Gasteiger partial charge in [-0.25, -0.2) is 0 Å². The Balaban J connectivity index is 3.28. The van der Waals surface area contributed by atoms with E-state index in [2.05, 4.69) is 13.8 Å². The number of carbonyl (C=O) groups is 1. The van der Waals surface area contributed by atoms with E-state index in [1.54, 1.807) is 0 Å². The third-order valence-corrected chi connectivity index (χ3v) is 7.98. The van der Waals surface area contributed by atoms with Crippen LogP contribution in [0.4, 0.5) is 0 Å². The Bertz CT molecular complexity index is 419. The summed E-state index contributed by atoms with van der Waals surface area (Å²) in [5, 5.41) is 10.2. The SMILES string of the molecule is CCCCCCCCCCCCCCCCCC(O)C(=O)CCCCCCCCCCCCCCC. The summed E-state index contributed by atoms with van der Waals surface area (Å²) in [6.07, 6.45) is 38.0. The summed E-state index contributed by atoms with van der Waals surface area (Å²) in [6.45, 7) is 4.56. The van der Waals surface area contributed by atoms with Crippen LogP contribution in [0.2, 0.25) is 0 Å². The Labute approximate surface area is 228 Å². The first-order valence-corrected chi connectivity index (χ1v) is 16.9. The van der Waals surface area contributed by atoms with Gasteiger partial charge in [0, 0.05) is 6.42 Å². The molecule has 0 saturated carbocycles. The molecule has 2 nitrogen and oxygen atoms in total. The molecule has 0 radical (unpaired) electrons. The van der Waals surface area contributed by atoms with Gasteiger partial charge in [-0.1, -0.05) is 187 Å². The zero-order valence-corrected chi connectivity index (χ0v) is 25.1. The molecule has 0 aromatic heterocycles. The molecule has 0 aromatic carbocycles. The molecule has 216 valence electrons. The predicted molar refractivity (Wildman–Crippen MR) is 161 cm³/mol. The second-order valence-electron chi connectivity index (χ2n) is 11.7. The molecule has 0 aliphatic carbocycles. The minimum absolute atomic E-state index is 0.0865. The van der Waals surface area contributed by atoms with E-state index in [0.717, 1.165) is 19.3 Å². The minimum atomic E-state index is -0.704. The number of carbonyl (C=O) groups excluding carboxylic acids is 1. The standard InChI is InChI=1S/C34H68O2/c1-3-5-7-9-11-13-15-17-18-20-22-24-26-28-30-32-34(36)33(35)31-29-27-25-23-21-19-16-14-12-10-8-6-4-2/h34,36H,3-32H2,1-2H3. The van der Waals surface area contributed by atoms with Crippen molar-refractivity contribution in [1.29, 1.82) is 0 Å². The number of unbranched alkanes of at least 4 members (excludes halogenated alkanes) is 26. The van der Waals surface area contributed by atoms with Gasteiger partial charge in [-0.3, -0.25) is 4.79 Å². The maximum Gasteiger partial charge on any atom is 0.161 e. The van der Waals surface area contributed by atoms with E-state index in [0.29, 0.717) is 12.8 Å². The Kier molecular flexibility index (Phi) is 30.5. The third kappa shape index (κ3) is 28.2. The second kappa shape index (κ2) is 30.9. The Hall–Kier alpha value is -0.370. The lowest BCUT2D eigenvalue weighted by Gasteiger charge is -2.09. The maximum absolute atomic E-state index is 12.2. The van der Waals surface area contributed by atoms with Crippen molar-refractivity contribution >= 4 is 5.78 Å². The Morgan fingerprint density at radius 1 is 0.417 bits per heavy atom. The molecule has 1 atom stereocenters. The summed E-state index contributed by atoms with van der Waals surface area (Å²) in [4.78, 5) is 12.2. The van der Waals surface area contributed by atoms with Crippen molar-refractivity contribution < 1.29 is 9.90 Å². The molecule has 0 fully saturated rings. The Morgan fingerprint density at radius 2 is 0.667 bits per heavy atom. The zero-order chi connectivity index (χ0) is 26.4. The van der Waals surface area contributed by atoms with Crippen LogP contribution >= 0.6 is 0 Å². The first kappa shape index (κ1) is 35.6. The van der Waals surface area contributed by atoms with Gasteiger partial charge in [0.05, 0.1) is 0 Å². The van der Waals surface area contributed by atoms with Crippen molar-refractivity contribution in [3.8, 4) is 0 Å². The maximum atomic E-state index is 12.2. The van der Waals surface area contributed by atoms with Gasteiger partial charge in [-0.15, -0.1) is 0 Å². The van der Waals surface area contributed by atoms with Gasteiger partial charge < -0.3 is 5.11 Å². The number of aliphatic hydroxyl groups excluding tert-OH is 1. The van der Waals surface area contributed by atoms with E-state index < -0.39 is 6.10 Å². The van der Waals surface area contributed by atoms with Crippen LogP contribution in [-0.4, -0.2) is 17.0 Å². The molecule has 0 rings (SSSR count). The summed E-state index contributed by atoms with van der Waals surface area (Å²) < 4.78 is 0. The lowest BCUT2D eigenvalue weighted by atomic mass is 10.00. The second-order valence-corrected chi connectivity index (χ2v) is 11.7. The van der Waals surface area contributed by atoms with Crippen LogP contribution in [0.1, 0.15) is 206 Å². The first-order chi connectivity index (χ1) is 17.7. The van der Waals surface area contributed by atoms with Crippen molar-refractivity contribution in [3.63, 3.8) is 0 Å². The highest BCUT2D eigenvalue weighted by Gasteiger charge is 2.13. The van der Waals surface area contributed by atoms with Crippen molar-refractivity contribution in [2.75, 3.05) is 0 Å². The fourth-order valence-electron chi connectivity index (χ4n) is 5.35. The lowest BCUT2D eigenvalue weighted by Crippen LogP contribution is -2.19. The van der Waals surface area contributed by atoms with Crippen molar-refractivity contribution in [2.45, 2.75) is 213 Å². The zero-order valence-electron chi connectivity index (χ0n) is 25.1. The smallest absolute Gasteiger partial charge is 0.161 e. The number of hydrogen-bond donors (Lipinski definition) is 1. The van der Waals surface area contributed by atoms with Crippen LogP contribution < -0.4 is 0 Å². The molecule has 0 aliphatic heterocycles. The van der Waals surface area contributed by atoms with E-state index in [1.165, 1.54) is 161 Å². The van der Waals surface area contributed by atoms with Gasteiger partial charge >= 0.3 is 0 Å². The summed E-state index contributed by atoms with van der Waals surface area (Å²) in [5.41, 5.74) is 0. The molecule has 0 aromatic rings. The molecule has 1 N–H and O–H groups in total. The quantitative estimate of drug-likeness (QED) is 0.0945. The number of hydrogen-bond acceptors (Lipinski definition) is 2. The van der Waals surface area contributed by atoms with Gasteiger partial charge in [0.2, 0.25) is 0 Å². The fourth-order valence-corrected chi connectivity index (χ4v) is 5.35. The first-order valence-electron chi connectivity index (χ1n) is 16.9. The van der Waals surface area contributed by atoms with Crippen LogP contribution in [-0.2, 0) is 4.79 Å². The molecular formula is C34H68O2. The molecule has 1 unspecified atom stereocenters. The van der Waals surface area contributed by atoms with Crippen molar-refractivity contribution in [2.24, 2.45) is 0 Å². The van der Waals surface area contributed by atoms with Crippen LogP contribution in [0.5, 0.6) is 0 Å². The fraction of sp³-hybridized carbons (Fsp3) is 0.971.